The van der Waals surface area contributed by atoms with E-state index in [2.05, 4.69) is 63.7 Å². The molecule has 1 aromatic heterocycles. The van der Waals surface area contributed by atoms with Crippen LogP contribution in [0.2, 0.25) is 0 Å². The zero-order valence-electron chi connectivity index (χ0n) is 8.94. The predicted octanol–water partition coefficient (Wildman–Crippen LogP) is 4.89. The van der Waals surface area contributed by atoms with Gasteiger partial charge in [-0.05, 0) is 63.4 Å². The molecular weight excluding hydrogens is 338 g/mol. The fourth-order valence-corrected chi connectivity index (χ4v) is 4.29. The number of halogens is 2. The van der Waals surface area contributed by atoms with Crippen LogP contribution in [0.25, 0.3) is 0 Å². The third-order valence-electron chi connectivity index (χ3n) is 2.09. The summed E-state index contributed by atoms with van der Waals surface area (Å²) in [4.78, 5) is 0. The molecule has 0 saturated heterocycles. The second kappa shape index (κ2) is 6.18. The second-order valence-corrected chi connectivity index (χ2v) is 7.26. The standard InChI is InChI=1S/C11H15Br2NS/c1-4-5-14-10(7(2)3)8-6-9(12)15-11(8)13/h6,10,14H,2,4-5H2,1,3H3. The van der Waals surface area contributed by atoms with Crippen LogP contribution in [-0.4, -0.2) is 6.54 Å². The van der Waals surface area contributed by atoms with Gasteiger partial charge in [0.15, 0.2) is 0 Å². The van der Waals surface area contributed by atoms with Crippen LogP contribution in [0.3, 0.4) is 0 Å². The lowest BCUT2D eigenvalue weighted by Crippen LogP contribution is -2.22. The minimum atomic E-state index is 0.252. The highest BCUT2D eigenvalue weighted by Crippen LogP contribution is 2.37. The van der Waals surface area contributed by atoms with Crippen molar-refractivity contribution >= 4 is 43.2 Å². The summed E-state index contributed by atoms with van der Waals surface area (Å²) in [6, 6.07) is 2.40. The summed E-state index contributed by atoms with van der Waals surface area (Å²) < 4.78 is 2.32. The summed E-state index contributed by atoms with van der Waals surface area (Å²) >= 11 is 8.79. The molecule has 1 heterocycles. The van der Waals surface area contributed by atoms with Crippen LogP contribution < -0.4 is 5.32 Å². The molecule has 0 fully saturated rings. The van der Waals surface area contributed by atoms with Crippen molar-refractivity contribution in [1.82, 2.24) is 5.32 Å². The average Bonchev–Trinajstić information content (AvgIpc) is 2.46. The lowest BCUT2D eigenvalue weighted by Gasteiger charge is -2.18. The molecule has 0 aliphatic carbocycles. The van der Waals surface area contributed by atoms with Gasteiger partial charge in [0, 0.05) is 0 Å². The van der Waals surface area contributed by atoms with E-state index in [1.807, 2.05) is 0 Å². The van der Waals surface area contributed by atoms with Crippen molar-refractivity contribution in [2.75, 3.05) is 6.54 Å². The lowest BCUT2D eigenvalue weighted by molar-refractivity contribution is 0.591. The molecule has 4 heteroatoms. The van der Waals surface area contributed by atoms with Crippen molar-refractivity contribution in [3.63, 3.8) is 0 Å². The Morgan fingerprint density at radius 1 is 1.60 bits per heavy atom. The van der Waals surface area contributed by atoms with E-state index in [4.69, 9.17) is 0 Å². The van der Waals surface area contributed by atoms with Crippen molar-refractivity contribution in [1.29, 1.82) is 0 Å². The van der Waals surface area contributed by atoms with E-state index in [1.165, 1.54) is 9.35 Å². The Hall–Kier alpha value is 0.360. The summed E-state index contributed by atoms with van der Waals surface area (Å²) in [5.74, 6) is 0. The van der Waals surface area contributed by atoms with Crippen LogP contribution in [0.1, 0.15) is 31.9 Å². The first-order valence-electron chi connectivity index (χ1n) is 4.89. The fraction of sp³-hybridized carbons (Fsp3) is 0.455. The smallest absolute Gasteiger partial charge is 0.0761 e. The summed E-state index contributed by atoms with van der Waals surface area (Å²) in [6.45, 7) is 9.28. The molecule has 1 atom stereocenters. The fourth-order valence-electron chi connectivity index (χ4n) is 1.39. The molecule has 1 unspecified atom stereocenters. The van der Waals surface area contributed by atoms with Crippen LogP contribution in [0, 0.1) is 0 Å². The molecule has 0 saturated carbocycles. The average molecular weight is 353 g/mol. The monoisotopic (exact) mass is 351 g/mol. The number of nitrogens with one attached hydrogen (secondary N) is 1. The summed E-state index contributed by atoms with van der Waals surface area (Å²) in [6.07, 6.45) is 1.13. The molecule has 1 nitrogen and oxygen atoms in total. The minimum absolute atomic E-state index is 0.252. The van der Waals surface area contributed by atoms with Crippen LogP contribution in [-0.2, 0) is 0 Å². The van der Waals surface area contributed by atoms with Gasteiger partial charge in [0.05, 0.1) is 13.6 Å². The molecule has 0 radical (unpaired) electrons. The van der Waals surface area contributed by atoms with Gasteiger partial charge in [-0.25, -0.2) is 0 Å². The summed E-state index contributed by atoms with van der Waals surface area (Å²) in [7, 11) is 0. The van der Waals surface area contributed by atoms with Crippen LogP contribution in [0.4, 0.5) is 0 Å². The van der Waals surface area contributed by atoms with Crippen LogP contribution in [0.5, 0.6) is 0 Å². The maximum absolute atomic E-state index is 4.04. The van der Waals surface area contributed by atoms with Crippen molar-refractivity contribution in [3.05, 3.63) is 31.4 Å². The van der Waals surface area contributed by atoms with E-state index in [1.54, 1.807) is 11.3 Å². The summed E-state index contributed by atoms with van der Waals surface area (Å²) in [5.41, 5.74) is 2.42. The highest BCUT2D eigenvalue weighted by atomic mass is 79.9. The Kier molecular flexibility index (Phi) is 5.53. The molecule has 15 heavy (non-hydrogen) atoms. The number of rotatable bonds is 5. The zero-order valence-corrected chi connectivity index (χ0v) is 12.9. The molecule has 84 valence electrons. The first kappa shape index (κ1) is 13.4. The van der Waals surface area contributed by atoms with Crippen molar-refractivity contribution in [2.24, 2.45) is 0 Å². The third kappa shape index (κ3) is 3.70. The molecule has 1 aromatic rings. The topological polar surface area (TPSA) is 12.0 Å². The SMILES string of the molecule is C=C(C)C(NCCC)c1cc(Br)sc1Br. The molecule has 0 aliphatic heterocycles. The molecule has 0 amide bonds. The van der Waals surface area contributed by atoms with E-state index in [9.17, 15) is 0 Å². The highest BCUT2D eigenvalue weighted by molar-refractivity contribution is 9.12. The van der Waals surface area contributed by atoms with E-state index in [-0.39, 0.29) is 6.04 Å². The molecule has 1 N–H and O–H groups in total. The van der Waals surface area contributed by atoms with Gasteiger partial charge in [-0.2, -0.15) is 0 Å². The van der Waals surface area contributed by atoms with E-state index in [0.717, 1.165) is 22.3 Å². The Morgan fingerprint density at radius 2 is 2.27 bits per heavy atom. The number of hydrogen-bond acceptors (Lipinski definition) is 2. The van der Waals surface area contributed by atoms with Gasteiger partial charge < -0.3 is 5.32 Å². The van der Waals surface area contributed by atoms with Crippen molar-refractivity contribution in [2.45, 2.75) is 26.3 Å². The van der Waals surface area contributed by atoms with Crippen molar-refractivity contribution < 1.29 is 0 Å². The number of hydrogen-bond donors (Lipinski definition) is 1. The van der Waals surface area contributed by atoms with Gasteiger partial charge in [0.25, 0.3) is 0 Å². The zero-order chi connectivity index (χ0) is 11.4. The van der Waals surface area contributed by atoms with Crippen LogP contribution in [0.15, 0.2) is 25.8 Å². The Balaban J connectivity index is 2.88. The Labute approximate surface area is 112 Å². The van der Waals surface area contributed by atoms with E-state index >= 15 is 0 Å². The van der Waals surface area contributed by atoms with Gasteiger partial charge >= 0.3 is 0 Å². The lowest BCUT2D eigenvalue weighted by atomic mass is 10.0. The first-order chi connectivity index (χ1) is 7.06. The van der Waals surface area contributed by atoms with Gasteiger partial charge in [0.1, 0.15) is 0 Å². The molecule has 0 aromatic carbocycles. The molecule has 0 spiro atoms. The van der Waals surface area contributed by atoms with Crippen molar-refractivity contribution in [3.8, 4) is 0 Å². The maximum atomic E-state index is 4.04. The summed E-state index contributed by atoms with van der Waals surface area (Å²) in [5, 5.41) is 3.50. The Bertz CT molecular complexity index is 346. The van der Waals surface area contributed by atoms with E-state index < -0.39 is 0 Å². The van der Waals surface area contributed by atoms with Gasteiger partial charge in [-0.3, -0.25) is 0 Å². The highest BCUT2D eigenvalue weighted by Gasteiger charge is 2.16. The molecule has 0 aliphatic rings. The second-order valence-electron chi connectivity index (χ2n) is 3.51. The first-order valence-corrected chi connectivity index (χ1v) is 7.30. The predicted molar refractivity (Wildman–Crippen MR) is 75.6 cm³/mol. The quantitative estimate of drug-likeness (QED) is 0.744. The molecule has 1 rings (SSSR count). The maximum Gasteiger partial charge on any atom is 0.0761 e. The van der Waals surface area contributed by atoms with Crippen LogP contribution >= 0.6 is 43.2 Å². The van der Waals surface area contributed by atoms with Gasteiger partial charge in [0.2, 0.25) is 0 Å². The molecule has 0 bridgehead atoms. The number of thiophene rings is 1. The molecular formula is C11H15Br2NS. The normalized spacial score (nSPS) is 12.8. The third-order valence-corrected chi connectivity index (χ3v) is 4.47. The minimum Gasteiger partial charge on any atom is -0.306 e. The van der Waals surface area contributed by atoms with Gasteiger partial charge in [-0.15, -0.1) is 11.3 Å². The van der Waals surface area contributed by atoms with E-state index in [0.29, 0.717) is 0 Å². The Morgan fingerprint density at radius 3 is 2.67 bits per heavy atom. The van der Waals surface area contributed by atoms with Gasteiger partial charge in [-0.1, -0.05) is 19.1 Å². The largest absolute Gasteiger partial charge is 0.306 e.